The lowest BCUT2D eigenvalue weighted by atomic mass is 10.2. The van der Waals surface area contributed by atoms with Gasteiger partial charge in [-0.15, -0.1) is 0 Å². The maximum Gasteiger partial charge on any atom is 0.323 e. The molecule has 1 aliphatic rings. The van der Waals surface area contributed by atoms with Crippen LogP contribution in [0.3, 0.4) is 0 Å². The minimum atomic E-state index is -0.145. The highest BCUT2D eigenvalue weighted by molar-refractivity contribution is 5.75. The number of carbonyl (C=O) groups excluding carboxylic acids is 1. The molecule has 0 heterocycles. The summed E-state index contributed by atoms with van der Waals surface area (Å²) in [5.74, 6) is -0.105. The fourth-order valence-corrected chi connectivity index (χ4v) is 2.29. The maximum absolute atomic E-state index is 11.8. The Labute approximate surface area is 111 Å². The summed E-state index contributed by atoms with van der Waals surface area (Å²) in [7, 11) is 0. The van der Waals surface area contributed by atoms with E-state index in [1.54, 1.807) is 0 Å². The molecule has 0 aromatic rings. The number of esters is 1. The van der Waals surface area contributed by atoms with Crippen LogP contribution in [0.5, 0.6) is 0 Å². The number of hydrogen-bond donors (Lipinski definition) is 1. The first-order valence-electron chi connectivity index (χ1n) is 7.36. The van der Waals surface area contributed by atoms with E-state index in [2.05, 4.69) is 17.1 Å². The highest BCUT2D eigenvalue weighted by Crippen LogP contribution is 2.27. The van der Waals surface area contributed by atoms with Crippen LogP contribution in [0.1, 0.15) is 46.5 Å². The van der Waals surface area contributed by atoms with Crippen molar-refractivity contribution in [3.05, 3.63) is 0 Å². The van der Waals surface area contributed by atoms with Crippen molar-refractivity contribution in [3.63, 3.8) is 0 Å². The van der Waals surface area contributed by atoms with Gasteiger partial charge in [0.2, 0.25) is 0 Å². The molecular weight excluding hydrogens is 228 g/mol. The molecule has 4 heteroatoms. The molecule has 18 heavy (non-hydrogen) atoms. The topological polar surface area (TPSA) is 41.6 Å². The van der Waals surface area contributed by atoms with E-state index >= 15 is 0 Å². The van der Waals surface area contributed by atoms with Gasteiger partial charge in [0.15, 0.2) is 0 Å². The lowest BCUT2D eigenvalue weighted by Gasteiger charge is -2.24. The van der Waals surface area contributed by atoms with Crippen molar-refractivity contribution in [3.8, 4) is 0 Å². The number of nitrogens with zero attached hydrogens (tertiary/aromatic N) is 1. The van der Waals surface area contributed by atoms with E-state index in [1.807, 2.05) is 13.8 Å². The molecule has 0 radical (unpaired) electrons. The van der Waals surface area contributed by atoms with Gasteiger partial charge in [0, 0.05) is 12.6 Å². The molecule has 0 saturated heterocycles. The molecule has 0 aromatic carbocycles. The first-order chi connectivity index (χ1) is 8.72. The highest BCUT2D eigenvalue weighted by atomic mass is 16.5. The summed E-state index contributed by atoms with van der Waals surface area (Å²) in [6, 6.07) is 0.627. The zero-order valence-corrected chi connectivity index (χ0v) is 12.1. The molecule has 1 aliphatic carbocycles. The molecule has 1 saturated carbocycles. The molecule has 0 spiro atoms. The Kier molecular flexibility index (Phi) is 7.28. The average Bonchev–Trinajstić information content (AvgIpc) is 3.17. The number of carbonyl (C=O) groups is 1. The van der Waals surface area contributed by atoms with Crippen molar-refractivity contribution < 1.29 is 9.53 Å². The van der Waals surface area contributed by atoms with E-state index in [4.69, 9.17) is 4.74 Å². The van der Waals surface area contributed by atoms with E-state index in [0.717, 1.165) is 32.1 Å². The molecule has 1 atom stereocenters. The number of nitrogens with one attached hydrogen (secondary N) is 1. The van der Waals surface area contributed by atoms with Gasteiger partial charge in [-0.3, -0.25) is 4.79 Å². The van der Waals surface area contributed by atoms with Gasteiger partial charge in [0.05, 0.1) is 6.61 Å². The van der Waals surface area contributed by atoms with Crippen LogP contribution in [-0.2, 0) is 9.53 Å². The normalized spacial score (nSPS) is 16.9. The zero-order valence-electron chi connectivity index (χ0n) is 12.1. The molecule has 0 bridgehead atoms. The minimum Gasteiger partial charge on any atom is -0.465 e. The van der Waals surface area contributed by atoms with Crippen LogP contribution in [0.4, 0.5) is 0 Å². The molecule has 1 fully saturated rings. The Hall–Kier alpha value is -0.610. The van der Waals surface area contributed by atoms with Crippen LogP contribution in [0, 0.1) is 0 Å². The molecule has 106 valence electrons. The molecule has 0 aliphatic heterocycles. The van der Waals surface area contributed by atoms with E-state index in [-0.39, 0.29) is 12.0 Å². The average molecular weight is 256 g/mol. The van der Waals surface area contributed by atoms with Gasteiger partial charge in [-0.2, -0.15) is 0 Å². The zero-order chi connectivity index (χ0) is 13.4. The van der Waals surface area contributed by atoms with E-state index in [9.17, 15) is 4.79 Å². The highest BCUT2D eigenvalue weighted by Gasteiger charge is 2.29. The molecule has 0 amide bonds. The van der Waals surface area contributed by atoms with Gasteiger partial charge in [-0.1, -0.05) is 13.8 Å². The summed E-state index contributed by atoms with van der Waals surface area (Å²) in [4.78, 5) is 14.3. The first-order valence-corrected chi connectivity index (χ1v) is 7.36. The third kappa shape index (κ3) is 5.36. The summed E-state index contributed by atoms with van der Waals surface area (Å²) in [6.07, 6.45) is 4.68. The predicted octanol–water partition coefficient (Wildman–Crippen LogP) is 1.79. The summed E-state index contributed by atoms with van der Waals surface area (Å²) in [6.45, 7) is 9.50. The number of rotatable bonds is 10. The summed E-state index contributed by atoms with van der Waals surface area (Å²) >= 11 is 0. The lowest BCUT2D eigenvalue weighted by molar-refractivity contribution is -0.145. The molecule has 0 aromatic heterocycles. The second kappa shape index (κ2) is 8.48. The smallest absolute Gasteiger partial charge is 0.323 e. The van der Waals surface area contributed by atoms with Crippen molar-refractivity contribution in [1.82, 2.24) is 10.2 Å². The van der Waals surface area contributed by atoms with Crippen molar-refractivity contribution in [1.29, 1.82) is 0 Å². The largest absolute Gasteiger partial charge is 0.465 e. The Morgan fingerprint density at radius 2 is 2.06 bits per heavy atom. The Balaban J connectivity index is 2.36. The van der Waals surface area contributed by atoms with Crippen LogP contribution >= 0.6 is 0 Å². The van der Waals surface area contributed by atoms with E-state index in [0.29, 0.717) is 6.61 Å². The van der Waals surface area contributed by atoms with Gasteiger partial charge in [-0.25, -0.2) is 0 Å². The third-order valence-corrected chi connectivity index (χ3v) is 3.30. The quantitative estimate of drug-likeness (QED) is 0.605. The lowest BCUT2D eigenvalue weighted by Crippen LogP contribution is -2.41. The Morgan fingerprint density at radius 3 is 2.56 bits per heavy atom. The van der Waals surface area contributed by atoms with Crippen molar-refractivity contribution in [2.24, 2.45) is 0 Å². The van der Waals surface area contributed by atoms with Crippen LogP contribution in [-0.4, -0.2) is 49.2 Å². The SMILES string of the molecule is CCCN(CCC(NCC)C(=O)OCC)C1CC1. The van der Waals surface area contributed by atoms with Gasteiger partial charge in [-0.05, 0) is 45.7 Å². The van der Waals surface area contributed by atoms with Crippen molar-refractivity contribution >= 4 is 5.97 Å². The number of likely N-dealkylation sites (N-methyl/N-ethyl adjacent to an activating group) is 1. The van der Waals surface area contributed by atoms with E-state index in [1.165, 1.54) is 19.3 Å². The van der Waals surface area contributed by atoms with Gasteiger partial charge < -0.3 is 15.0 Å². The van der Waals surface area contributed by atoms with Crippen LogP contribution in [0.2, 0.25) is 0 Å². The van der Waals surface area contributed by atoms with Crippen molar-refractivity contribution in [2.45, 2.75) is 58.5 Å². The van der Waals surface area contributed by atoms with E-state index < -0.39 is 0 Å². The summed E-state index contributed by atoms with van der Waals surface area (Å²) in [5, 5.41) is 3.22. The number of hydrogen-bond acceptors (Lipinski definition) is 4. The summed E-state index contributed by atoms with van der Waals surface area (Å²) in [5.41, 5.74) is 0. The van der Waals surface area contributed by atoms with Crippen LogP contribution < -0.4 is 5.32 Å². The molecule has 1 rings (SSSR count). The molecule has 1 unspecified atom stereocenters. The maximum atomic E-state index is 11.8. The second-order valence-corrected chi connectivity index (χ2v) is 4.92. The van der Waals surface area contributed by atoms with Crippen LogP contribution in [0.25, 0.3) is 0 Å². The molecular formula is C14H28N2O2. The van der Waals surface area contributed by atoms with Gasteiger partial charge in [0.25, 0.3) is 0 Å². The Bertz CT molecular complexity index is 242. The standard InChI is InChI=1S/C14H28N2O2/c1-4-10-16(12-7-8-12)11-9-13(15-5-2)14(17)18-6-3/h12-13,15H,4-11H2,1-3H3. The first kappa shape index (κ1) is 15.4. The fourth-order valence-electron chi connectivity index (χ4n) is 2.29. The molecule has 4 nitrogen and oxygen atoms in total. The van der Waals surface area contributed by atoms with Gasteiger partial charge in [0.1, 0.15) is 6.04 Å². The predicted molar refractivity (Wildman–Crippen MR) is 73.6 cm³/mol. The minimum absolute atomic E-state index is 0.105. The Morgan fingerprint density at radius 1 is 1.33 bits per heavy atom. The third-order valence-electron chi connectivity index (χ3n) is 3.30. The summed E-state index contributed by atoms with van der Waals surface area (Å²) < 4.78 is 5.10. The monoisotopic (exact) mass is 256 g/mol. The molecule has 1 N–H and O–H groups in total. The van der Waals surface area contributed by atoms with Crippen LogP contribution in [0.15, 0.2) is 0 Å². The fraction of sp³-hybridized carbons (Fsp3) is 0.929. The number of ether oxygens (including phenoxy) is 1. The van der Waals surface area contributed by atoms with Gasteiger partial charge >= 0.3 is 5.97 Å². The second-order valence-electron chi connectivity index (χ2n) is 4.92. The van der Waals surface area contributed by atoms with Crippen molar-refractivity contribution in [2.75, 3.05) is 26.2 Å².